The summed E-state index contributed by atoms with van der Waals surface area (Å²) in [5, 5.41) is 21.3. The molecule has 0 aromatic carbocycles. The van der Waals surface area contributed by atoms with Crippen LogP contribution in [-0.4, -0.2) is 47.7 Å². The number of ether oxygens (including phenoxy) is 2. The number of Topliss-reactive ketones (excluding diaryl/α,β-unsaturated/α-hetero) is 2. The van der Waals surface area contributed by atoms with E-state index in [-0.39, 0.29) is 54.0 Å². The zero-order valence-corrected chi connectivity index (χ0v) is 38.6. The number of rotatable bonds is 18. The van der Waals surface area contributed by atoms with Crippen LogP contribution in [0.1, 0.15) is 108 Å². The summed E-state index contributed by atoms with van der Waals surface area (Å²) in [6.45, 7) is 19.3. The van der Waals surface area contributed by atoms with Crippen molar-refractivity contribution in [3.63, 3.8) is 0 Å². The predicted octanol–water partition coefficient (Wildman–Crippen LogP) is 4.07. The van der Waals surface area contributed by atoms with Gasteiger partial charge in [-0.1, -0.05) is 135 Å². The topological polar surface area (TPSA) is 167 Å². The van der Waals surface area contributed by atoms with Crippen molar-refractivity contribution in [3.05, 3.63) is 130 Å². The van der Waals surface area contributed by atoms with Crippen LogP contribution in [0.4, 0.5) is 0 Å². The fraction of sp³-hybridized carbons (Fsp3) is 0.417. The van der Waals surface area contributed by atoms with Gasteiger partial charge in [-0.25, -0.2) is 0 Å². The van der Waals surface area contributed by atoms with Crippen LogP contribution in [0.15, 0.2) is 130 Å². The molecule has 0 heterocycles. The summed E-state index contributed by atoms with van der Waals surface area (Å²) >= 11 is 0. The molecule has 10 nitrogen and oxygen atoms in total. The smallest absolute Gasteiger partial charge is 0.550 e. The monoisotopic (exact) mass is 817 g/mol. The first-order valence-corrected chi connectivity index (χ1v) is 19.4. The van der Waals surface area contributed by atoms with Gasteiger partial charge in [0.25, 0.3) is 0 Å². The molecule has 2 unspecified atom stereocenters. The number of carbonyl (C=O) groups excluding carboxylic acids is 6. The third kappa shape index (κ3) is 18.0. The van der Waals surface area contributed by atoms with Crippen molar-refractivity contribution in [2.24, 2.45) is 10.8 Å². The Labute approximate surface area is 371 Å². The molecule has 2 aliphatic carbocycles. The van der Waals surface area contributed by atoms with Crippen LogP contribution in [0.2, 0.25) is 0 Å². The molecule has 11 heteroatoms. The molecule has 0 radical (unpaired) electrons. The maximum Gasteiger partial charge on any atom is 1.00 e. The largest absolute Gasteiger partial charge is 1.00 e. The molecule has 0 bridgehead atoms. The molecule has 0 N–H and O–H groups in total. The van der Waals surface area contributed by atoms with E-state index in [1.54, 1.807) is 13.8 Å². The zero-order chi connectivity index (χ0) is 43.8. The van der Waals surface area contributed by atoms with Crippen LogP contribution < -0.4 is 39.8 Å². The van der Waals surface area contributed by atoms with Gasteiger partial charge in [-0.15, -0.1) is 0 Å². The second-order valence-corrected chi connectivity index (χ2v) is 16.1. The summed E-state index contributed by atoms with van der Waals surface area (Å²) in [4.78, 5) is 71.4. The summed E-state index contributed by atoms with van der Waals surface area (Å²) in [6.07, 6.45) is 24.7. The number of aliphatic carboxylic acids is 2. The second kappa shape index (κ2) is 24.4. The molecule has 0 aromatic rings. The summed E-state index contributed by atoms with van der Waals surface area (Å²) in [6, 6.07) is 0. The van der Waals surface area contributed by atoms with E-state index >= 15 is 0 Å². The molecule has 2 aliphatic rings. The fourth-order valence-electron chi connectivity index (χ4n) is 6.60. The van der Waals surface area contributed by atoms with Gasteiger partial charge in [0.05, 0.1) is 12.8 Å². The Morgan fingerprint density at radius 1 is 0.559 bits per heavy atom. The van der Waals surface area contributed by atoms with E-state index in [1.807, 2.05) is 140 Å². The first-order valence-electron chi connectivity index (χ1n) is 19.4. The minimum absolute atomic E-state index is 0. The van der Waals surface area contributed by atoms with Crippen LogP contribution in [0, 0.1) is 10.8 Å². The summed E-state index contributed by atoms with van der Waals surface area (Å²) in [5.41, 5.74) is 5.92. The van der Waals surface area contributed by atoms with Gasteiger partial charge in [-0.2, -0.15) is 0 Å². The molecular formula is C48H58NaO10-. The van der Waals surface area contributed by atoms with Crippen molar-refractivity contribution >= 4 is 35.4 Å². The maximum absolute atomic E-state index is 13.0. The molecule has 0 fully saturated rings. The molecule has 2 rings (SSSR count). The van der Waals surface area contributed by atoms with Gasteiger partial charge in [-0.05, 0) is 87.5 Å². The molecule has 312 valence electrons. The number of esters is 2. The molecule has 0 saturated carbocycles. The van der Waals surface area contributed by atoms with E-state index in [9.17, 15) is 39.0 Å². The van der Waals surface area contributed by atoms with Gasteiger partial charge in [-0.3, -0.25) is 19.2 Å². The number of hydrogen-bond acceptors (Lipinski definition) is 10. The van der Waals surface area contributed by atoms with E-state index in [1.165, 1.54) is 0 Å². The first kappa shape index (κ1) is 52.4. The zero-order valence-electron chi connectivity index (χ0n) is 36.6. The first-order chi connectivity index (χ1) is 27.0. The Bertz CT molecular complexity index is 1830. The Hall–Kier alpha value is -4.64. The second-order valence-electron chi connectivity index (χ2n) is 16.1. The van der Waals surface area contributed by atoms with Crippen molar-refractivity contribution in [3.8, 4) is 0 Å². The van der Waals surface area contributed by atoms with Gasteiger partial charge in [0.2, 0.25) is 0 Å². The van der Waals surface area contributed by atoms with Crippen molar-refractivity contribution in [1.29, 1.82) is 0 Å². The Balaban J connectivity index is 0.0000174. The van der Waals surface area contributed by atoms with Gasteiger partial charge >= 0.3 is 41.5 Å². The van der Waals surface area contributed by atoms with E-state index in [0.29, 0.717) is 24.0 Å². The summed E-state index contributed by atoms with van der Waals surface area (Å²) < 4.78 is 10.6. The fourth-order valence-corrected chi connectivity index (χ4v) is 6.60. The van der Waals surface area contributed by atoms with Gasteiger partial charge < -0.3 is 29.3 Å². The standard InChI is InChI=1S/C48H60O10.Na/c1-31(17-13-19-33(3)21-23-37-35(5)45(55)39(29-47(37,7)8)57-43(53)27-25-41(49)50)15-11-12-16-32(2)18-14-20-34(4)22-24-38-36(6)46(56)40(30-48(38,9)10)58-44(54)28-26-42(51)52;/h11-24,39-40H,25-30H2,1-10H3,(H,49,50)(H,51,52);/q;+1/p-2/b12-11+,17-13+,18-14+,23-21+,24-22+,31-15+,32-16+,33-19+,34-20+;. The minimum Gasteiger partial charge on any atom is -0.550 e. The van der Waals surface area contributed by atoms with Crippen LogP contribution in [0.3, 0.4) is 0 Å². The molecule has 0 spiro atoms. The summed E-state index contributed by atoms with van der Waals surface area (Å²) in [5.74, 6) is -4.71. The van der Waals surface area contributed by atoms with Gasteiger partial charge in [0, 0.05) is 24.8 Å². The van der Waals surface area contributed by atoms with Crippen LogP contribution in [0.5, 0.6) is 0 Å². The average molecular weight is 818 g/mol. The predicted molar refractivity (Wildman–Crippen MR) is 221 cm³/mol. The van der Waals surface area contributed by atoms with E-state index < -0.39 is 59.8 Å². The number of carboxylic acid groups (broad SMARTS) is 2. The third-order valence-electron chi connectivity index (χ3n) is 9.89. The van der Waals surface area contributed by atoms with E-state index in [0.717, 1.165) is 33.4 Å². The molecular weight excluding hydrogens is 760 g/mol. The molecule has 0 aromatic heterocycles. The van der Waals surface area contributed by atoms with Crippen molar-refractivity contribution in [2.45, 2.75) is 120 Å². The number of allylic oxidation sites excluding steroid dienone is 20. The van der Waals surface area contributed by atoms with Crippen LogP contribution in [0.25, 0.3) is 0 Å². The number of ketones is 2. The van der Waals surface area contributed by atoms with Crippen LogP contribution >= 0.6 is 0 Å². The third-order valence-corrected chi connectivity index (χ3v) is 9.89. The van der Waals surface area contributed by atoms with Crippen molar-refractivity contribution in [2.75, 3.05) is 0 Å². The molecule has 0 saturated heterocycles. The SMILES string of the molecule is CC1=C(/C=C/C(C)=C/C=C/C(C)=C/C=C/C=C(C)/C=C/C=C(C)/C=C/C2=C(C)C(=O)C(OC(=O)CCC(=O)[O-])CC2(C)C)C(C)(C)CC(OC(=O)CCC(=O)[O-])C1=O.[Na+]. The van der Waals surface area contributed by atoms with Gasteiger partial charge in [0.15, 0.2) is 23.8 Å². The van der Waals surface area contributed by atoms with Crippen molar-refractivity contribution in [1.82, 2.24) is 0 Å². The number of hydrogen-bond donors (Lipinski definition) is 0. The summed E-state index contributed by atoms with van der Waals surface area (Å²) in [7, 11) is 0. The quantitative estimate of drug-likeness (QED) is 0.112. The van der Waals surface area contributed by atoms with Gasteiger partial charge in [0.1, 0.15) is 0 Å². The Kier molecular flexibility index (Phi) is 21.7. The average Bonchev–Trinajstić information content (AvgIpc) is 3.12. The molecule has 59 heavy (non-hydrogen) atoms. The normalized spacial score (nSPS) is 20.7. The minimum atomic E-state index is -1.34. The number of carbonyl (C=O) groups is 6. The maximum atomic E-state index is 13.0. The van der Waals surface area contributed by atoms with E-state index in [2.05, 4.69) is 0 Å². The van der Waals surface area contributed by atoms with Crippen LogP contribution in [-0.2, 0) is 38.2 Å². The Morgan fingerprint density at radius 3 is 1.19 bits per heavy atom. The molecule has 2 atom stereocenters. The molecule has 0 amide bonds. The van der Waals surface area contributed by atoms with Crippen molar-refractivity contribution < 1.29 is 78.0 Å². The van der Waals surface area contributed by atoms with E-state index in [4.69, 9.17) is 9.47 Å². The Morgan fingerprint density at radius 2 is 0.864 bits per heavy atom. The molecule has 0 aliphatic heterocycles. The number of carboxylic acids is 2.